The monoisotopic (exact) mass is 299 g/mol. The molecular weight excluding hydrogens is 291 g/mol. The lowest BCUT2D eigenvalue weighted by atomic mass is 10.2. The van der Waals surface area contributed by atoms with Crippen LogP contribution in [0, 0.1) is 0 Å². The van der Waals surface area contributed by atoms with E-state index in [1.54, 1.807) is 0 Å². The average Bonchev–Trinajstić information content (AvgIpc) is 2.78. The molecule has 7 nitrogen and oxygen atoms in total. The first-order valence-electron chi connectivity index (χ1n) is 4.00. The number of ether oxygens (including phenoxy) is 1. The fraction of sp³-hybridized carbons (Fsp3) is 1.00. The molecule has 1 aliphatic heterocycles. The summed E-state index contributed by atoms with van der Waals surface area (Å²) in [7, 11) is -11.1. The lowest BCUT2D eigenvalue weighted by Crippen LogP contribution is -2.41. The molecule has 12 heteroatoms. The van der Waals surface area contributed by atoms with Gasteiger partial charge in [-0.1, -0.05) is 4.13 Å². The van der Waals surface area contributed by atoms with E-state index in [9.17, 15) is 30.0 Å². The number of alkyl halides is 3. The molecular formula is C5H8F3NO6S2. The van der Waals surface area contributed by atoms with E-state index in [4.69, 9.17) is 4.74 Å². The number of halogens is 3. The van der Waals surface area contributed by atoms with Crippen LogP contribution in [0.5, 0.6) is 0 Å². The molecule has 17 heavy (non-hydrogen) atoms. The van der Waals surface area contributed by atoms with Gasteiger partial charge in [0.25, 0.3) is 0 Å². The summed E-state index contributed by atoms with van der Waals surface area (Å²) in [5.41, 5.74) is -6.64. The van der Waals surface area contributed by atoms with Crippen LogP contribution in [0.15, 0.2) is 0 Å². The number of epoxide rings is 1. The van der Waals surface area contributed by atoms with E-state index in [0.29, 0.717) is 4.13 Å². The molecule has 0 aromatic rings. The van der Waals surface area contributed by atoms with Crippen LogP contribution >= 0.6 is 0 Å². The summed E-state index contributed by atoms with van der Waals surface area (Å²) in [6, 6.07) is 0. The molecule has 0 radical (unpaired) electrons. The highest BCUT2D eigenvalue weighted by molar-refractivity contribution is 8.03. The Morgan fingerprint density at radius 1 is 1.35 bits per heavy atom. The van der Waals surface area contributed by atoms with Gasteiger partial charge >= 0.3 is 25.8 Å². The highest BCUT2D eigenvalue weighted by atomic mass is 32.3. The van der Waals surface area contributed by atoms with Crippen molar-refractivity contribution in [2.45, 2.75) is 18.0 Å². The summed E-state index contributed by atoms with van der Waals surface area (Å²) in [4.78, 5) is 0. The van der Waals surface area contributed by atoms with E-state index in [-0.39, 0.29) is 6.61 Å². The molecule has 0 saturated carbocycles. The second-order valence-corrected chi connectivity index (χ2v) is 6.77. The molecule has 1 atom stereocenters. The summed E-state index contributed by atoms with van der Waals surface area (Å²) in [5.74, 6) is 0. The van der Waals surface area contributed by atoms with Crippen molar-refractivity contribution in [2.24, 2.45) is 0 Å². The Kier molecular flexibility index (Phi) is 3.48. The SMILES string of the molecule is CC1(COS(=O)(=O)NS(=O)(=O)C(F)(F)F)CO1. The maximum Gasteiger partial charge on any atom is 0.512 e. The van der Waals surface area contributed by atoms with Crippen molar-refractivity contribution >= 4 is 20.3 Å². The second-order valence-electron chi connectivity index (χ2n) is 3.49. The van der Waals surface area contributed by atoms with Crippen LogP contribution in [0.4, 0.5) is 13.2 Å². The third-order valence-corrected chi connectivity index (χ3v) is 4.40. The zero-order chi connectivity index (χ0) is 13.5. The van der Waals surface area contributed by atoms with Crippen molar-refractivity contribution in [2.75, 3.05) is 13.2 Å². The van der Waals surface area contributed by atoms with E-state index in [1.165, 1.54) is 6.92 Å². The van der Waals surface area contributed by atoms with Gasteiger partial charge in [-0.25, -0.2) is 8.42 Å². The predicted molar refractivity (Wildman–Crippen MR) is 47.3 cm³/mol. The normalized spacial score (nSPS) is 25.9. The molecule has 1 unspecified atom stereocenters. The Morgan fingerprint density at radius 2 is 1.82 bits per heavy atom. The largest absolute Gasteiger partial charge is 0.512 e. The third-order valence-electron chi connectivity index (χ3n) is 1.67. The van der Waals surface area contributed by atoms with Crippen molar-refractivity contribution in [3.8, 4) is 0 Å². The highest BCUT2D eigenvalue weighted by Gasteiger charge is 2.49. The lowest BCUT2D eigenvalue weighted by molar-refractivity contribution is -0.0442. The van der Waals surface area contributed by atoms with Gasteiger partial charge in [0.05, 0.1) is 13.2 Å². The minimum atomic E-state index is -6.01. The first kappa shape index (κ1) is 14.6. The Hall–Kier alpha value is -0.430. The van der Waals surface area contributed by atoms with Gasteiger partial charge in [0.1, 0.15) is 5.60 Å². The molecule has 1 aliphatic rings. The smallest absolute Gasteiger partial charge is 0.367 e. The number of hydrogen-bond acceptors (Lipinski definition) is 6. The predicted octanol–water partition coefficient (Wildman–Crippen LogP) is -0.524. The van der Waals surface area contributed by atoms with E-state index in [0.717, 1.165) is 0 Å². The molecule has 0 aromatic carbocycles. The van der Waals surface area contributed by atoms with Gasteiger partial charge in [0.15, 0.2) is 0 Å². The van der Waals surface area contributed by atoms with Crippen molar-refractivity contribution in [3.05, 3.63) is 0 Å². The standard InChI is InChI=1S/C5H8F3NO6S2/c1-4(2-14-4)3-15-17(12,13)9-16(10,11)5(6,7)8/h9H,2-3H2,1H3. The van der Waals surface area contributed by atoms with Crippen LogP contribution in [0.2, 0.25) is 0 Å². The summed E-state index contributed by atoms with van der Waals surface area (Å²) >= 11 is 0. The fourth-order valence-electron chi connectivity index (χ4n) is 0.614. The number of sulfonamides is 1. The summed E-state index contributed by atoms with van der Waals surface area (Å²) in [6.45, 7) is 1.05. The highest BCUT2D eigenvalue weighted by Crippen LogP contribution is 2.27. The molecule has 1 fully saturated rings. The molecule has 0 aromatic heterocycles. The molecule has 1 heterocycles. The van der Waals surface area contributed by atoms with Gasteiger partial charge in [-0.15, -0.1) is 0 Å². The maximum atomic E-state index is 11.9. The first-order valence-corrected chi connectivity index (χ1v) is 6.89. The zero-order valence-electron chi connectivity index (χ0n) is 8.31. The van der Waals surface area contributed by atoms with Crippen LogP contribution in [-0.2, 0) is 29.2 Å². The van der Waals surface area contributed by atoms with Crippen LogP contribution in [0.25, 0.3) is 0 Å². The molecule has 102 valence electrons. The Labute approximate surface area is 95.2 Å². The first-order chi connectivity index (χ1) is 7.37. The third kappa shape index (κ3) is 4.06. The lowest BCUT2D eigenvalue weighted by Gasteiger charge is -2.11. The molecule has 1 rings (SSSR count). The fourth-order valence-corrected chi connectivity index (χ4v) is 2.66. The molecule has 0 spiro atoms. The number of hydrogen-bond donors (Lipinski definition) is 1. The van der Waals surface area contributed by atoms with Gasteiger partial charge in [0, 0.05) is 0 Å². The molecule has 1 saturated heterocycles. The summed E-state index contributed by atoms with van der Waals surface area (Å²) < 4.78 is 87.5. The summed E-state index contributed by atoms with van der Waals surface area (Å²) in [5, 5.41) is 0. The van der Waals surface area contributed by atoms with Crippen molar-refractivity contribution in [1.82, 2.24) is 4.13 Å². The molecule has 0 amide bonds. The van der Waals surface area contributed by atoms with E-state index >= 15 is 0 Å². The average molecular weight is 299 g/mol. The van der Waals surface area contributed by atoms with Gasteiger partial charge in [-0.2, -0.15) is 21.6 Å². The van der Waals surface area contributed by atoms with Crippen molar-refractivity contribution in [1.29, 1.82) is 0 Å². The van der Waals surface area contributed by atoms with Crippen LogP contribution in [-0.4, -0.2) is 41.2 Å². The Morgan fingerprint density at radius 3 is 2.18 bits per heavy atom. The topological polar surface area (TPSA) is 102 Å². The number of rotatable bonds is 5. The minimum absolute atomic E-state index is 0.175. The van der Waals surface area contributed by atoms with E-state index in [2.05, 4.69) is 4.18 Å². The van der Waals surface area contributed by atoms with Crippen LogP contribution in [0.3, 0.4) is 0 Å². The second kappa shape index (κ2) is 4.05. The summed E-state index contributed by atoms with van der Waals surface area (Å²) in [6.07, 6.45) is 0. The molecule has 1 N–H and O–H groups in total. The van der Waals surface area contributed by atoms with E-state index in [1.807, 2.05) is 0 Å². The van der Waals surface area contributed by atoms with Crippen LogP contribution < -0.4 is 4.13 Å². The number of nitrogens with one attached hydrogen (secondary N) is 1. The molecule has 0 aliphatic carbocycles. The van der Waals surface area contributed by atoms with Gasteiger partial charge in [-0.3, -0.25) is 4.18 Å². The van der Waals surface area contributed by atoms with Gasteiger partial charge in [0.2, 0.25) is 0 Å². The van der Waals surface area contributed by atoms with Gasteiger partial charge in [-0.05, 0) is 6.92 Å². The Bertz CT molecular complexity index is 490. The van der Waals surface area contributed by atoms with Crippen molar-refractivity contribution < 1.29 is 38.9 Å². The Balaban J connectivity index is 2.67. The quantitative estimate of drug-likeness (QED) is 0.685. The maximum absolute atomic E-state index is 11.9. The molecule has 0 bridgehead atoms. The van der Waals surface area contributed by atoms with Crippen molar-refractivity contribution in [3.63, 3.8) is 0 Å². The minimum Gasteiger partial charge on any atom is -0.367 e. The van der Waals surface area contributed by atoms with E-state index < -0.39 is 38.0 Å². The van der Waals surface area contributed by atoms with Gasteiger partial charge < -0.3 is 4.74 Å². The van der Waals surface area contributed by atoms with Crippen LogP contribution in [0.1, 0.15) is 6.92 Å². The zero-order valence-corrected chi connectivity index (χ0v) is 9.95.